The lowest BCUT2D eigenvalue weighted by molar-refractivity contribution is 0.175. The number of hydrogen-bond donors (Lipinski definition) is 0. The topological polar surface area (TPSA) is 42.9 Å². The quantitative estimate of drug-likeness (QED) is 0.844. The van der Waals surface area contributed by atoms with Crippen LogP contribution < -0.4 is 0 Å². The molecule has 0 N–H and O–H groups in total. The highest BCUT2D eigenvalue weighted by molar-refractivity contribution is 9.10. The van der Waals surface area contributed by atoms with E-state index < -0.39 is 23.0 Å². The van der Waals surface area contributed by atoms with Gasteiger partial charge in [0.1, 0.15) is 0 Å². The Labute approximate surface area is 117 Å². The zero-order valence-corrected chi connectivity index (χ0v) is 12.5. The Morgan fingerprint density at radius 2 is 2.22 bits per heavy atom. The normalized spacial score (nSPS) is 13.4. The SMILES string of the molecule is CCc1nc2nc([S@](=O)CC(F)F)sc2cc1Br. The Kier molecular flexibility index (Phi) is 4.39. The molecule has 2 heterocycles. The van der Waals surface area contributed by atoms with Crippen LogP contribution in [-0.2, 0) is 17.2 Å². The summed E-state index contributed by atoms with van der Waals surface area (Å²) in [5, 5.41) is 0. The van der Waals surface area contributed by atoms with Gasteiger partial charge in [-0.05, 0) is 28.4 Å². The van der Waals surface area contributed by atoms with Gasteiger partial charge in [-0.1, -0.05) is 6.92 Å². The Morgan fingerprint density at radius 3 is 2.83 bits per heavy atom. The summed E-state index contributed by atoms with van der Waals surface area (Å²) in [7, 11) is -1.76. The lowest BCUT2D eigenvalue weighted by Gasteiger charge is -1.98. The highest BCUT2D eigenvalue weighted by atomic mass is 79.9. The summed E-state index contributed by atoms with van der Waals surface area (Å²) >= 11 is 4.53. The third-order valence-corrected chi connectivity index (χ3v) is 5.51. The summed E-state index contributed by atoms with van der Waals surface area (Å²) in [6, 6.07) is 1.84. The van der Waals surface area contributed by atoms with Crippen LogP contribution in [0.4, 0.5) is 8.78 Å². The molecule has 0 bridgehead atoms. The van der Waals surface area contributed by atoms with E-state index in [1.165, 1.54) is 0 Å². The second-order valence-corrected chi connectivity index (χ2v) is 7.03. The van der Waals surface area contributed by atoms with Crippen LogP contribution in [0.2, 0.25) is 0 Å². The van der Waals surface area contributed by atoms with Crippen LogP contribution in [0.1, 0.15) is 12.6 Å². The number of rotatable bonds is 4. The summed E-state index contributed by atoms with van der Waals surface area (Å²) < 4.78 is 37.8. The van der Waals surface area contributed by atoms with Gasteiger partial charge in [0, 0.05) is 4.47 Å². The maximum atomic E-state index is 12.2. The zero-order chi connectivity index (χ0) is 13.3. The first-order chi connectivity index (χ1) is 8.51. The largest absolute Gasteiger partial charge is 0.252 e. The van der Waals surface area contributed by atoms with E-state index in [0.29, 0.717) is 5.65 Å². The Bertz CT molecular complexity index is 603. The van der Waals surface area contributed by atoms with E-state index in [-0.39, 0.29) is 4.34 Å². The van der Waals surface area contributed by atoms with Gasteiger partial charge in [-0.15, -0.1) is 11.3 Å². The minimum atomic E-state index is -2.59. The van der Waals surface area contributed by atoms with Crippen LogP contribution >= 0.6 is 27.3 Å². The molecule has 8 heteroatoms. The van der Waals surface area contributed by atoms with Gasteiger partial charge in [0.25, 0.3) is 6.43 Å². The van der Waals surface area contributed by atoms with Crippen LogP contribution in [0.15, 0.2) is 14.9 Å². The molecule has 1 atom stereocenters. The average molecular weight is 355 g/mol. The van der Waals surface area contributed by atoms with Gasteiger partial charge in [-0.25, -0.2) is 18.7 Å². The number of pyridine rings is 1. The standard InChI is InChI=1S/C10H9BrF2N2OS2/c1-2-6-5(11)3-7-9(14-6)15-10(17-7)18(16)4-8(12)13/h3,8H,2,4H2,1H3/t18-/m1/s1. The Balaban J connectivity index is 2.41. The molecule has 18 heavy (non-hydrogen) atoms. The predicted molar refractivity (Wildman–Crippen MR) is 71.8 cm³/mol. The first-order valence-electron chi connectivity index (χ1n) is 5.13. The van der Waals surface area contributed by atoms with E-state index in [1.54, 1.807) is 0 Å². The maximum absolute atomic E-state index is 12.2. The number of aromatic nitrogens is 2. The van der Waals surface area contributed by atoms with Crippen molar-refractivity contribution in [3.05, 3.63) is 16.2 Å². The number of thiazole rings is 1. The van der Waals surface area contributed by atoms with E-state index in [1.807, 2.05) is 13.0 Å². The van der Waals surface area contributed by atoms with Gasteiger partial charge in [-0.3, -0.25) is 4.21 Å². The summed E-state index contributed by atoms with van der Waals surface area (Å²) in [6.45, 7) is 1.96. The van der Waals surface area contributed by atoms with E-state index >= 15 is 0 Å². The molecule has 0 aliphatic carbocycles. The summed E-state index contributed by atoms with van der Waals surface area (Å²) in [5.74, 6) is -0.679. The first-order valence-corrected chi connectivity index (χ1v) is 8.06. The van der Waals surface area contributed by atoms with Crippen LogP contribution in [0.5, 0.6) is 0 Å². The number of aryl methyl sites for hydroxylation is 1. The van der Waals surface area contributed by atoms with Gasteiger partial charge < -0.3 is 0 Å². The molecule has 0 aliphatic rings. The molecule has 0 saturated heterocycles. The van der Waals surface area contributed by atoms with Crippen molar-refractivity contribution in [1.82, 2.24) is 9.97 Å². The molecular formula is C10H9BrF2N2OS2. The van der Waals surface area contributed by atoms with E-state index in [2.05, 4.69) is 25.9 Å². The summed E-state index contributed by atoms with van der Waals surface area (Å²) in [6.07, 6.45) is -1.85. The van der Waals surface area contributed by atoms with Gasteiger partial charge >= 0.3 is 0 Å². The van der Waals surface area contributed by atoms with E-state index in [4.69, 9.17) is 0 Å². The third kappa shape index (κ3) is 2.92. The van der Waals surface area contributed by atoms with Crippen molar-refractivity contribution in [2.75, 3.05) is 5.75 Å². The van der Waals surface area contributed by atoms with Crippen LogP contribution in [0.3, 0.4) is 0 Å². The Morgan fingerprint density at radius 1 is 1.50 bits per heavy atom. The highest BCUT2D eigenvalue weighted by Crippen LogP contribution is 2.28. The minimum Gasteiger partial charge on any atom is -0.252 e. The second-order valence-electron chi connectivity index (χ2n) is 3.48. The van der Waals surface area contributed by atoms with Crippen molar-refractivity contribution in [2.45, 2.75) is 24.1 Å². The molecular weight excluding hydrogens is 346 g/mol. The van der Waals surface area contributed by atoms with Crippen molar-refractivity contribution in [2.24, 2.45) is 0 Å². The molecule has 3 nitrogen and oxygen atoms in total. The highest BCUT2D eigenvalue weighted by Gasteiger charge is 2.17. The van der Waals surface area contributed by atoms with Crippen LogP contribution in [0, 0.1) is 0 Å². The number of halogens is 3. The zero-order valence-electron chi connectivity index (χ0n) is 9.32. The van der Waals surface area contributed by atoms with Crippen molar-refractivity contribution >= 4 is 48.4 Å². The molecule has 0 spiro atoms. The third-order valence-electron chi connectivity index (χ3n) is 2.20. The number of nitrogens with zero attached hydrogens (tertiary/aromatic N) is 2. The maximum Gasteiger partial charge on any atom is 0.250 e. The fourth-order valence-corrected chi connectivity index (χ4v) is 4.22. The molecule has 0 fully saturated rings. The fourth-order valence-electron chi connectivity index (χ4n) is 1.39. The lowest BCUT2D eigenvalue weighted by atomic mass is 10.3. The number of alkyl halides is 2. The molecule has 2 aromatic rings. The second kappa shape index (κ2) is 5.66. The fraction of sp³-hybridized carbons (Fsp3) is 0.400. The van der Waals surface area contributed by atoms with Gasteiger partial charge in [0.2, 0.25) is 0 Å². The van der Waals surface area contributed by atoms with E-state index in [9.17, 15) is 13.0 Å². The van der Waals surface area contributed by atoms with Crippen molar-refractivity contribution < 1.29 is 13.0 Å². The molecule has 98 valence electrons. The summed E-state index contributed by atoms with van der Waals surface area (Å²) in [5.41, 5.74) is 1.32. The van der Waals surface area contributed by atoms with Gasteiger partial charge in [-0.2, -0.15) is 0 Å². The molecule has 0 saturated carbocycles. The molecule has 2 rings (SSSR count). The van der Waals surface area contributed by atoms with Crippen molar-refractivity contribution in [3.8, 4) is 0 Å². The molecule has 0 aliphatic heterocycles. The summed E-state index contributed by atoms with van der Waals surface area (Å²) in [4.78, 5) is 8.37. The number of hydrogen-bond acceptors (Lipinski definition) is 4. The monoisotopic (exact) mass is 354 g/mol. The first kappa shape index (κ1) is 14.0. The van der Waals surface area contributed by atoms with Crippen LogP contribution in [0.25, 0.3) is 10.3 Å². The lowest BCUT2D eigenvalue weighted by Crippen LogP contribution is -2.06. The number of fused-ring (bicyclic) bond motifs is 1. The van der Waals surface area contributed by atoms with Gasteiger partial charge in [0.05, 0.1) is 26.9 Å². The van der Waals surface area contributed by atoms with E-state index in [0.717, 1.165) is 32.6 Å². The average Bonchev–Trinajstić information content (AvgIpc) is 2.69. The molecule has 2 aromatic heterocycles. The molecule has 0 amide bonds. The Hall–Kier alpha value is -0.470. The molecule has 0 unspecified atom stereocenters. The van der Waals surface area contributed by atoms with Crippen LogP contribution in [-0.4, -0.2) is 26.4 Å². The smallest absolute Gasteiger partial charge is 0.250 e. The van der Waals surface area contributed by atoms with Gasteiger partial charge in [0.15, 0.2) is 9.99 Å². The minimum absolute atomic E-state index is 0.206. The van der Waals surface area contributed by atoms with Crippen molar-refractivity contribution in [3.63, 3.8) is 0 Å². The molecule has 0 aromatic carbocycles. The van der Waals surface area contributed by atoms with Crippen molar-refractivity contribution in [1.29, 1.82) is 0 Å². The predicted octanol–water partition coefficient (Wildman–Crippen LogP) is 3.39. The molecule has 0 radical (unpaired) electrons.